The highest BCUT2D eigenvalue weighted by Gasteiger charge is 2.33. The largest absolute Gasteiger partial charge is 0.573 e. The molecule has 0 bridgehead atoms. The van der Waals surface area contributed by atoms with Crippen molar-refractivity contribution < 1.29 is 31.4 Å². The molecule has 90 valence electrons. The summed E-state index contributed by atoms with van der Waals surface area (Å²) in [5.41, 5.74) is 0. The van der Waals surface area contributed by atoms with Crippen LogP contribution < -0.4 is 9.47 Å². The summed E-state index contributed by atoms with van der Waals surface area (Å²) in [7, 11) is 0. The van der Waals surface area contributed by atoms with E-state index in [4.69, 9.17) is 0 Å². The first-order valence-electron chi connectivity index (χ1n) is 3.78. The highest BCUT2D eigenvalue weighted by molar-refractivity contribution is 14.1. The van der Waals surface area contributed by atoms with Gasteiger partial charge in [-0.05, 0) is 34.7 Å². The Morgan fingerprint density at radius 1 is 1.19 bits per heavy atom. The third kappa shape index (κ3) is 3.99. The molecular formula is C8H4F5IO2. The third-order valence-electron chi connectivity index (χ3n) is 1.36. The lowest BCUT2D eigenvalue weighted by Crippen LogP contribution is -2.18. The van der Waals surface area contributed by atoms with Gasteiger partial charge in [-0.15, -0.1) is 13.2 Å². The van der Waals surface area contributed by atoms with Gasteiger partial charge in [-0.25, -0.2) is 0 Å². The van der Waals surface area contributed by atoms with Crippen LogP contribution in [0.25, 0.3) is 0 Å². The van der Waals surface area contributed by atoms with Gasteiger partial charge in [0.25, 0.3) is 0 Å². The maximum Gasteiger partial charge on any atom is 0.573 e. The summed E-state index contributed by atoms with van der Waals surface area (Å²) in [6.45, 7) is -3.22. The predicted octanol–water partition coefficient (Wildman–Crippen LogP) is 3.79. The Morgan fingerprint density at radius 2 is 1.81 bits per heavy atom. The molecule has 0 aliphatic rings. The van der Waals surface area contributed by atoms with Crippen molar-refractivity contribution in [3.63, 3.8) is 0 Å². The van der Waals surface area contributed by atoms with Gasteiger partial charge in [0.1, 0.15) is 0 Å². The summed E-state index contributed by atoms with van der Waals surface area (Å²) in [6.07, 6.45) is -4.95. The minimum absolute atomic E-state index is 0.0969. The lowest BCUT2D eigenvalue weighted by atomic mass is 10.3. The second kappa shape index (κ2) is 5.02. The SMILES string of the molecule is FC(F)Oc1c(I)cccc1OC(F)(F)F. The topological polar surface area (TPSA) is 18.5 Å². The van der Waals surface area contributed by atoms with Gasteiger partial charge in [0.15, 0.2) is 11.5 Å². The number of halogens is 6. The van der Waals surface area contributed by atoms with Crippen LogP contribution in [0.2, 0.25) is 0 Å². The fraction of sp³-hybridized carbons (Fsp3) is 0.250. The van der Waals surface area contributed by atoms with Crippen LogP contribution >= 0.6 is 22.6 Å². The van der Waals surface area contributed by atoms with Crippen LogP contribution in [-0.4, -0.2) is 13.0 Å². The summed E-state index contributed by atoms with van der Waals surface area (Å²) in [5.74, 6) is -1.42. The first-order valence-corrected chi connectivity index (χ1v) is 4.86. The molecule has 0 aliphatic heterocycles. The van der Waals surface area contributed by atoms with Crippen LogP contribution in [0.15, 0.2) is 18.2 Å². The number of rotatable bonds is 3. The van der Waals surface area contributed by atoms with Crippen molar-refractivity contribution in [1.82, 2.24) is 0 Å². The molecule has 0 spiro atoms. The van der Waals surface area contributed by atoms with E-state index in [0.717, 1.165) is 6.07 Å². The number of benzene rings is 1. The summed E-state index contributed by atoms with van der Waals surface area (Å²) in [5, 5.41) is 0. The molecule has 0 amide bonds. The van der Waals surface area contributed by atoms with Gasteiger partial charge in [-0.1, -0.05) is 6.07 Å². The van der Waals surface area contributed by atoms with E-state index in [1.165, 1.54) is 12.1 Å². The van der Waals surface area contributed by atoms with Crippen molar-refractivity contribution in [3.8, 4) is 11.5 Å². The molecule has 16 heavy (non-hydrogen) atoms. The van der Waals surface area contributed by atoms with Gasteiger partial charge in [-0.3, -0.25) is 0 Å². The fourth-order valence-corrected chi connectivity index (χ4v) is 1.50. The minimum atomic E-state index is -4.95. The summed E-state index contributed by atoms with van der Waals surface area (Å²) in [4.78, 5) is 0. The average molecular weight is 354 g/mol. The summed E-state index contributed by atoms with van der Waals surface area (Å²) >= 11 is 1.57. The molecule has 8 heteroatoms. The van der Waals surface area contributed by atoms with Gasteiger partial charge < -0.3 is 9.47 Å². The second-order valence-electron chi connectivity index (χ2n) is 2.49. The van der Waals surface area contributed by atoms with Crippen LogP contribution in [0.5, 0.6) is 11.5 Å². The zero-order valence-corrected chi connectivity index (χ0v) is 9.55. The highest BCUT2D eigenvalue weighted by Crippen LogP contribution is 2.36. The lowest BCUT2D eigenvalue weighted by molar-refractivity contribution is -0.275. The van der Waals surface area contributed by atoms with Crippen LogP contribution in [-0.2, 0) is 0 Å². The van der Waals surface area contributed by atoms with E-state index in [9.17, 15) is 22.0 Å². The third-order valence-corrected chi connectivity index (χ3v) is 2.21. The average Bonchev–Trinajstić information content (AvgIpc) is 2.08. The first-order chi connectivity index (χ1) is 7.29. The quantitative estimate of drug-likeness (QED) is 0.608. The number of alkyl halides is 5. The van der Waals surface area contributed by atoms with Crippen LogP contribution in [0, 0.1) is 3.57 Å². The Bertz CT molecular complexity index is 366. The fourth-order valence-electron chi connectivity index (χ4n) is 0.898. The molecule has 0 saturated carbocycles. The zero-order valence-electron chi connectivity index (χ0n) is 7.39. The molecule has 1 aromatic carbocycles. The van der Waals surface area contributed by atoms with Crippen molar-refractivity contribution in [1.29, 1.82) is 0 Å². The van der Waals surface area contributed by atoms with Gasteiger partial charge in [-0.2, -0.15) is 8.78 Å². The molecule has 0 heterocycles. The van der Waals surface area contributed by atoms with E-state index in [1.807, 2.05) is 0 Å². The van der Waals surface area contributed by atoms with Crippen LogP contribution in [0.3, 0.4) is 0 Å². The zero-order chi connectivity index (χ0) is 12.3. The second-order valence-corrected chi connectivity index (χ2v) is 3.66. The monoisotopic (exact) mass is 354 g/mol. The van der Waals surface area contributed by atoms with E-state index >= 15 is 0 Å². The molecule has 0 atom stereocenters. The predicted molar refractivity (Wildman–Crippen MR) is 52.5 cm³/mol. The van der Waals surface area contributed by atoms with E-state index in [1.54, 1.807) is 22.6 Å². The molecule has 0 fully saturated rings. The van der Waals surface area contributed by atoms with Crippen molar-refractivity contribution in [3.05, 3.63) is 21.8 Å². The Kier molecular flexibility index (Phi) is 4.16. The molecule has 0 aromatic heterocycles. The van der Waals surface area contributed by atoms with Crippen LogP contribution in [0.4, 0.5) is 22.0 Å². The summed E-state index contributed by atoms with van der Waals surface area (Å²) < 4.78 is 67.3. The maximum absolute atomic E-state index is 12.0. The number of hydrogen-bond donors (Lipinski definition) is 0. The number of para-hydroxylation sites is 1. The number of ether oxygens (including phenoxy) is 2. The van der Waals surface area contributed by atoms with Crippen LogP contribution in [0.1, 0.15) is 0 Å². The van der Waals surface area contributed by atoms with E-state index in [-0.39, 0.29) is 3.57 Å². The first kappa shape index (κ1) is 13.3. The molecule has 2 nitrogen and oxygen atoms in total. The molecule has 1 rings (SSSR count). The van der Waals surface area contributed by atoms with Gasteiger partial charge in [0.05, 0.1) is 3.57 Å². The standard InChI is InChI=1S/C8H4F5IO2/c9-7(10)15-6-4(14)2-1-3-5(6)16-8(11,12)13/h1-3,7H. The minimum Gasteiger partial charge on any atom is -0.430 e. The van der Waals surface area contributed by atoms with Gasteiger partial charge in [0.2, 0.25) is 0 Å². The van der Waals surface area contributed by atoms with Gasteiger partial charge >= 0.3 is 13.0 Å². The molecule has 1 aromatic rings. The number of hydrogen-bond acceptors (Lipinski definition) is 2. The van der Waals surface area contributed by atoms with E-state index in [0.29, 0.717) is 0 Å². The molecule has 0 aliphatic carbocycles. The Hall–Kier alpha value is -0.800. The van der Waals surface area contributed by atoms with Crippen molar-refractivity contribution >= 4 is 22.6 Å². The molecule has 0 N–H and O–H groups in total. The molecular weight excluding hydrogens is 350 g/mol. The smallest absolute Gasteiger partial charge is 0.430 e. The van der Waals surface area contributed by atoms with E-state index in [2.05, 4.69) is 9.47 Å². The lowest BCUT2D eigenvalue weighted by Gasteiger charge is -2.14. The maximum atomic E-state index is 12.0. The van der Waals surface area contributed by atoms with Crippen molar-refractivity contribution in [2.75, 3.05) is 0 Å². The Labute approximate surface area is 100 Å². The molecule has 0 radical (unpaired) electrons. The summed E-state index contributed by atoms with van der Waals surface area (Å²) in [6, 6.07) is 3.45. The normalized spacial score (nSPS) is 11.7. The molecule has 0 unspecified atom stereocenters. The van der Waals surface area contributed by atoms with Crippen molar-refractivity contribution in [2.45, 2.75) is 13.0 Å². The van der Waals surface area contributed by atoms with Gasteiger partial charge in [0, 0.05) is 0 Å². The Morgan fingerprint density at radius 3 is 2.31 bits per heavy atom. The Balaban J connectivity index is 3.03. The van der Waals surface area contributed by atoms with Crippen molar-refractivity contribution in [2.24, 2.45) is 0 Å². The van der Waals surface area contributed by atoms with E-state index < -0.39 is 24.5 Å². The highest BCUT2D eigenvalue weighted by atomic mass is 127. The molecule has 0 saturated heterocycles.